The first-order valence-corrected chi connectivity index (χ1v) is 3.86. The van der Waals surface area contributed by atoms with Gasteiger partial charge in [0.1, 0.15) is 6.04 Å². The minimum atomic E-state index is -0.643. The Morgan fingerprint density at radius 2 is 2.27 bits per heavy atom. The van der Waals surface area contributed by atoms with Crippen LogP contribution in [0, 0.1) is 0 Å². The van der Waals surface area contributed by atoms with Crippen molar-refractivity contribution in [3.63, 3.8) is 0 Å². The number of nitrogens with two attached hydrogens (primary N) is 2. The summed E-state index contributed by atoms with van der Waals surface area (Å²) in [6.07, 6.45) is 3.72. The molecule has 64 valence electrons. The van der Waals surface area contributed by atoms with E-state index in [1.165, 1.54) is 6.42 Å². The van der Waals surface area contributed by atoms with Crippen LogP contribution in [0.1, 0.15) is 19.3 Å². The number of hydrogen-bond donors (Lipinski definition) is 2. The summed E-state index contributed by atoms with van der Waals surface area (Å²) in [5, 5.41) is 0. The molecule has 0 aliphatic heterocycles. The van der Waals surface area contributed by atoms with E-state index in [2.05, 4.69) is 0 Å². The van der Waals surface area contributed by atoms with Crippen LogP contribution >= 0.6 is 0 Å². The Bertz CT molecular complexity index is 145. The van der Waals surface area contributed by atoms with E-state index < -0.39 is 11.9 Å². The van der Waals surface area contributed by atoms with Crippen molar-refractivity contribution in [1.82, 2.24) is 0 Å². The molecule has 0 bridgehead atoms. The molecular formula is C7H14N2O2. The minimum Gasteiger partial charge on any atom is -0.376 e. The number of primary amides is 1. The zero-order valence-corrected chi connectivity index (χ0v) is 6.45. The molecule has 0 aromatic rings. The lowest BCUT2D eigenvalue weighted by Gasteiger charge is -2.26. The number of rotatable bonds is 4. The monoisotopic (exact) mass is 158 g/mol. The minimum absolute atomic E-state index is 0.264. The highest BCUT2D eigenvalue weighted by molar-refractivity contribution is 5.79. The molecule has 0 aromatic carbocycles. The van der Waals surface area contributed by atoms with Crippen LogP contribution in [0.4, 0.5) is 0 Å². The predicted molar refractivity (Wildman–Crippen MR) is 40.8 cm³/mol. The maximum Gasteiger partial charge on any atom is 0.236 e. The molecule has 0 heterocycles. The molecule has 1 rings (SSSR count). The molecule has 0 spiro atoms. The molecule has 1 unspecified atom stereocenters. The van der Waals surface area contributed by atoms with Gasteiger partial charge < -0.3 is 16.2 Å². The fourth-order valence-corrected chi connectivity index (χ4v) is 0.859. The molecule has 0 saturated heterocycles. The Kier molecular flexibility index (Phi) is 2.84. The van der Waals surface area contributed by atoms with Gasteiger partial charge in [-0.05, 0) is 19.3 Å². The second-order valence-corrected chi connectivity index (χ2v) is 2.90. The summed E-state index contributed by atoms with van der Waals surface area (Å²) in [6.45, 7) is 0.264. The van der Waals surface area contributed by atoms with E-state index in [0.717, 1.165) is 12.8 Å². The zero-order chi connectivity index (χ0) is 8.27. The third-order valence-corrected chi connectivity index (χ3v) is 1.93. The van der Waals surface area contributed by atoms with E-state index in [9.17, 15) is 4.79 Å². The van der Waals surface area contributed by atoms with Crippen molar-refractivity contribution in [3.8, 4) is 0 Å². The van der Waals surface area contributed by atoms with Gasteiger partial charge in [-0.25, -0.2) is 0 Å². The number of carbonyl (C=O) groups is 1. The van der Waals surface area contributed by atoms with Gasteiger partial charge in [-0.1, -0.05) is 0 Å². The SMILES string of the molecule is NC(=O)C(N)COC1CCC1. The first kappa shape index (κ1) is 8.49. The first-order chi connectivity index (χ1) is 5.20. The van der Waals surface area contributed by atoms with E-state index in [1.54, 1.807) is 0 Å². The van der Waals surface area contributed by atoms with E-state index in [1.807, 2.05) is 0 Å². The highest BCUT2D eigenvalue weighted by Gasteiger charge is 2.19. The molecule has 1 saturated carbocycles. The van der Waals surface area contributed by atoms with Crippen LogP contribution in [0.25, 0.3) is 0 Å². The average molecular weight is 158 g/mol. The van der Waals surface area contributed by atoms with E-state index in [4.69, 9.17) is 16.2 Å². The zero-order valence-electron chi connectivity index (χ0n) is 6.45. The smallest absolute Gasteiger partial charge is 0.236 e. The Hall–Kier alpha value is -0.610. The summed E-state index contributed by atoms with van der Waals surface area (Å²) in [5.41, 5.74) is 10.3. The highest BCUT2D eigenvalue weighted by Crippen LogP contribution is 2.21. The quantitative estimate of drug-likeness (QED) is 0.571. The normalized spacial score (nSPS) is 20.8. The van der Waals surface area contributed by atoms with Gasteiger partial charge in [0, 0.05) is 0 Å². The van der Waals surface area contributed by atoms with Crippen LogP contribution in [0.5, 0.6) is 0 Å². The van der Waals surface area contributed by atoms with Gasteiger partial charge in [0.15, 0.2) is 0 Å². The largest absolute Gasteiger partial charge is 0.376 e. The molecule has 0 aromatic heterocycles. The second kappa shape index (κ2) is 3.69. The van der Waals surface area contributed by atoms with Crippen molar-refractivity contribution < 1.29 is 9.53 Å². The van der Waals surface area contributed by atoms with Gasteiger partial charge >= 0.3 is 0 Å². The number of hydrogen-bond acceptors (Lipinski definition) is 3. The summed E-state index contributed by atoms with van der Waals surface area (Å²) in [6, 6.07) is -0.643. The van der Waals surface area contributed by atoms with Gasteiger partial charge in [-0.3, -0.25) is 4.79 Å². The van der Waals surface area contributed by atoms with Crippen LogP contribution in [-0.2, 0) is 9.53 Å². The molecule has 4 N–H and O–H groups in total. The fourth-order valence-electron chi connectivity index (χ4n) is 0.859. The van der Waals surface area contributed by atoms with Crippen molar-refractivity contribution in [2.45, 2.75) is 31.4 Å². The first-order valence-electron chi connectivity index (χ1n) is 3.86. The average Bonchev–Trinajstić information content (AvgIpc) is 1.83. The molecule has 1 fully saturated rings. The molecule has 4 heteroatoms. The molecule has 4 nitrogen and oxygen atoms in total. The summed E-state index contributed by atoms with van der Waals surface area (Å²) in [5.74, 6) is -0.496. The maximum atomic E-state index is 10.4. The van der Waals surface area contributed by atoms with Crippen molar-refractivity contribution in [2.75, 3.05) is 6.61 Å². The molecule has 1 amide bonds. The van der Waals surface area contributed by atoms with Crippen LogP contribution in [0.2, 0.25) is 0 Å². The second-order valence-electron chi connectivity index (χ2n) is 2.90. The Balaban J connectivity index is 2.05. The van der Waals surface area contributed by atoms with Crippen LogP contribution < -0.4 is 11.5 Å². The number of ether oxygens (including phenoxy) is 1. The highest BCUT2D eigenvalue weighted by atomic mass is 16.5. The van der Waals surface area contributed by atoms with Gasteiger partial charge in [0.2, 0.25) is 5.91 Å². The fraction of sp³-hybridized carbons (Fsp3) is 0.857. The molecule has 0 radical (unpaired) electrons. The van der Waals surface area contributed by atoms with Gasteiger partial charge in [-0.15, -0.1) is 0 Å². The van der Waals surface area contributed by atoms with Crippen molar-refractivity contribution in [1.29, 1.82) is 0 Å². The Morgan fingerprint density at radius 3 is 2.64 bits per heavy atom. The maximum absolute atomic E-state index is 10.4. The van der Waals surface area contributed by atoms with E-state index in [0.29, 0.717) is 6.10 Å². The van der Waals surface area contributed by atoms with Gasteiger partial charge in [-0.2, -0.15) is 0 Å². The van der Waals surface area contributed by atoms with Crippen molar-refractivity contribution >= 4 is 5.91 Å². The third kappa shape index (κ3) is 2.48. The molecule has 1 aliphatic carbocycles. The Morgan fingerprint density at radius 1 is 1.64 bits per heavy atom. The van der Waals surface area contributed by atoms with E-state index >= 15 is 0 Å². The van der Waals surface area contributed by atoms with Crippen LogP contribution in [-0.4, -0.2) is 24.7 Å². The summed E-state index contributed by atoms with van der Waals surface area (Å²) in [7, 11) is 0. The van der Waals surface area contributed by atoms with Crippen LogP contribution in [0.3, 0.4) is 0 Å². The molecule has 11 heavy (non-hydrogen) atoms. The predicted octanol–water partition coefficient (Wildman–Crippen LogP) is -0.632. The van der Waals surface area contributed by atoms with Gasteiger partial charge in [0.05, 0.1) is 12.7 Å². The Labute approximate surface area is 65.9 Å². The van der Waals surface area contributed by atoms with Crippen molar-refractivity contribution in [3.05, 3.63) is 0 Å². The third-order valence-electron chi connectivity index (χ3n) is 1.93. The summed E-state index contributed by atoms with van der Waals surface area (Å²) < 4.78 is 5.28. The summed E-state index contributed by atoms with van der Waals surface area (Å²) >= 11 is 0. The molecular weight excluding hydrogens is 144 g/mol. The lowest BCUT2D eigenvalue weighted by molar-refractivity contribution is -0.121. The number of amides is 1. The van der Waals surface area contributed by atoms with Crippen LogP contribution in [0.15, 0.2) is 0 Å². The van der Waals surface area contributed by atoms with Gasteiger partial charge in [0.25, 0.3) is 0 Å². The molecule has 1 atom stereocenters. The number of carbonyl (C=O) groups excluding carboxylic acids is 1. The van der Waals surface area contributed by atoms with E-state index in [-0.39, 0.29) is 6.61 Å². The lowest BCUT2D eigenvalue weighted by atomic mass is 9.96. The lowest BCUT2D eigenvalue weighted by Crippen LogP contribution is -2.41. The summed E-state index contributed by atoms with van der Waals surface area (Å²) in [4.78, 5) is 10.4. The topological polar surface area (TPSA) is 78.3 Å². The van der Waals surface area contributed by atoms with Crippen molar-refractivity contribution in [2.24, 2.45) is 11.5 Å². The standard InChI is InChI=1S/C7H14N2O2/c8-6(7(9)10)4-11-5-2-1-3-5/h5-6H,1-4,8H2,(H2,9,10). The molecule has 1 aliphatic rings.